The first-order valence-electron chi connectivity index (χ1n) is 6.34. The number of carbonyl (C=O) groups is 1. The van der Waals surface area contributed by atoms with E-state index in [9.17, 15) is 4.79 Å². The molecule has 0 bridgehead atoms. The predicted octanol–water partition coefficient (Wildman–Crippen LogP) is 2.85. The second kappa shape index (κ2) is 5.21. The third-order valence-corrected chi connectivity index (χ3v) is 3.38. The highest BCUT2D eigenvalue weighted by Crippen LogP contribution is 2.26. The molecule has 0 atom stereocenters. The maximum atomic E-state index is 11.3. The molecule has 0 aliphatic carbocycles. The van der Waals surface area contributed by atoms with Crippen molar-refractivity contribution in [1.29, 1.82) is 0 Å². The van der Waals surface area contributed by atoms with Crippen LogP contribution in [0.5, 0.6) is 0 Å². The number of carbonyl (C=O) groups excluding carboxylic acids is 1. The van der Waals surface area contributed by atoms with Gasteiger partial charge >= 0.3 is 0 Å². The molecule has 92 valence electrons. The molecule has 0 radical (unpaired) electrons. The maximum Gasteiger partial charge on any atom is 0.159 e. The van der Waals surface area contributed by atoms with Crippen LogP contribution in [0.2, 0.25) is 0 Å². The highest BCUT2D eigenvalue weighted by molar-refractivity contribution is 5.96. The van der Waals surface area contributed by atoms with Crippen molar-refractivity contribution in [3.8, 4) is 0 Å². The number of Topliss-reactive ketones (excluding diaryl/α,β-unsaturated/α-hetero) is 1. The molecule has 1 aliphatic rings. The van der Waals surface area contributed by atoms with Crippen LogP contribution in [0.4, 0.5) is 11.4 Å². The topological polar surface area (TPSA) is 46.3 Å². The molecule has 0 spiro atoms. The van der Waals surface area contributed by atoms with E-state index < -0.39 is 0 Å². The molecule has 17 heavy (non-hydrogen) atoms. The Bertz CT molecular complexity index is 407. The van der Waals surface area contributed by atoms with Gasteiger partial charge in [0.1, 0.15) is 0 Å². The second-order valence-electron chi connectivity index (χ2n) is 4.73. The number of rotatable bonds is 2. The number of ketones is 1. The van der Waals surface area contributed by atoms with E-state index in [2.05, 4.69) is 4.90 Å². The first-order chi connectivity index (χ1) is 8.18. The van der Waals surface area contributed by atoms with E-state index in [1.165, 1.54) is 25.7 Å². The highest BCUT2D eigenvalue weighted by atomic mass is 16.1. The Labute approximate surface area is 103 Å². The summed E-state index contributed by atoms with van der Waals surface area (Å²) in [6, 6.07) is 5.65. The zero-order valence-electron chi connectivity index (χ0n) is 10.4. The summed E-state index contributed by atoms with van der Waals surface area (Å²) in [6.07, 6.45) is 5.08. The molecule has 2 N–H and O–H groups in total. The Morgan fingerprint density at radius 3 is 2.35 bits per heavy atom. The minimum Gasteiger partial charge on any atom is -0.397 e. The fraction of sp³-hybridized carbons (Fsp3) is 0.500. The van der Waals surface area contributed by atoms with Crippen molar-refractivity contribution in [2.75, 3.05) is 23.7 Å². The van der Waals surface area contributed by atoms with Gasteiger partial charge in [0.25, 0.3) is 0 Å². The van der Waals surface area contributed by atoms with Crippen molar-refractivity contribution in [2.45, 2.75) is 32.6 Å². The molecule has 0 aromatic heterocycles. The molecular formula is C14H20N2O. The summed E-state index contributed by atoms with van der Waals surface area (Å²) >= 11 is 0. The summed E-state index contributed by atoms with van der Waals surface area (Å²) in [6.45, 7) is 3.72. The van der Waals surface area contributed by atoms with Gasteiger partial charge in [-0.15, -0.1) is 0 Å². The average Bonchev–Trinajstić information content (AvgIpc) is 2.57. The quantitative estimate of drug-likeness (QED) is 0.630. The number of anilines is 2. The van der Waals surface area contributed by atoms with Crippen LogP contribution in [-0.2, 0) is 0 Å². The van der Waals surface area contributed by atoms with Crippen LogP contribution in [0.15, 0.2) is 18.2 Å². The number of nitrogen functional groups attached to an aromatic ring is 1. The lowest BCUT2D eigenvalue weighted by Crippen LogP contribution is -2.24. The molecule has 2 rings (SSSR count). The van der Waals surface area contributed by atoms with E-state index in [0.717, 1.165) is 24.5 Å². The molecule has 1 fully saturated rings. The van der Waals surface area contributed by atoms with Crippen LogP contribution in [0.3, 0.4) is 0 Å². The molecule has 0 amide bonds. The van der Waals surface area contributed by atoms with Crippen LogP contribution in [0, 0.1) is 0 Å². The lowest BCUT2D eigenvalue weighted by Gasteiger charge is -2.24. The van der Waals surface area contributed by atoms with Crippen LogP contribution in [0.25, 0.3) is 0 Å². The van der Waals surface area contributed by atoms with Crippen LogP contribution >= 0.6 is 0 Å². The Morgan fingerprint density at radius 1 is 1.18 bits per heavy atom. The van der Waals surface area contributed by atoms with E-state index in [0.29, 0.717) is 5.56 Å². The Balaban J connectivity index is 2.22. The van der Waals surface area contributed by atoms with Gasteiger partial charge in [0.15, 0.2) is 5.78 Å². The molecule has 1 aliphatic heterocycles. The van der Waals surface area contributed by atoms with Crippen LogP contribution in [-0.4, -0.2) is 18.9 Å². The molecule has 0 saturated carbocycles. The van der Waals surface area contributed by atoms with Gasteiger partial charge in [-0.3, -0.25) is 4.79 Å². The fourth-order valence-electron chi connectivity index (χ4n) is 2.37. The van der Waals surface area contributed by atoms with E-state index in [1.807, 2.05) is 12.1 Å². The lowest BCUT2D eigenvalue weighted by atomic mass is 10.1. The molecule has 1 saturated heterocycles. The third-order valence-electron chi connectivity index (χ3n) is 3.38. The summed E-state index contributed by atoms with van der Waals surface area (Å²) < 4.78 is 0. The standard InChI is InChI=1S/C14H20N2O/c1-11(17)12-6-7-14(13(15)10-12)16-8-4-2-3-5-9-16/h6-7,10H,2-5,8-9,15H2,1H3. The molecular weight excluding hydrogens is 212 g/mol. The largest absolute Gasteiger partial charge is 0.397 e. The summed E-state index contributed by atoms with van der Waals surface area (Å²) in [7, 11) is 0. The average molecular weight is 232 g/mol. The molecule has 3 nitrogen and oxygen atoms in total. The molecule has 1 heterocycles. The molecule has 1 aromatic carbocycles. The number of hydrogen-bond acceptors (Lipinski definition) is 3. The first kappa shape index (κ1) is 12.0. The van der Waals surface area contributed by atoms with Crippen molar-refractivity contribution in [3.05, 3.63) is 23.8 Å². The SMILES string of the molecule is CC(=O)c1ccc(N2CCCCCC2)c(N)c1. The number of benzene rings is 1. The van der Waals surface area contributed by atoms with E-state index in [4.69, 9.17) is 5.73 Å². The smallest absolute Gasteiger partial charge is 0.159 e. The van der Waals surface area contributed by atoms with Crippen LogP contribution in [0.1, 0.15) is 43.0 Å². The highest BCUT2D eigenvalue weighted by Gasteiger charge is 2.13. The van der Waals surface area contributed by atoms with Crippen molar-refractivity contribution < 1.29 is 4.79 Å². The third kappa shape index (κ3) is 2.78. The summed E-state index contributed by atoms with van der Waals surface area (Å²) in [5, 5.41) is 0. The van der Waals surface area contributed by atoms with Crippen molar-refractivity contribution in [3.63, 3.8) is 0 Å². The predicted molar refractivity (Wildman–Crippen MR) is 71.5 cm³/mol. The minimum absolute atomic E-state index is 0.0686. The van der Waals surface area contributed by atoms with Crippen LogP contribution < -0.4 is 10.6 Å². The maximum absolute atomic E-state index is 11.3. The lowest BCUT2D eigenvalue weighted by molar-refractivity contribution is 0.101. The van der Waals surface area contributed by atoms with E-state index in [-0.39, 0.29) is 5.78 Å². The normalized spacial score (nSPS) is 16.6. The Hall–Kier alpha value is -1.51. The van der Waals surface area contributed by atoms with E-state index in [1.54, 1.807) is 13.0 Å². The minimum atomic E-state index is 0.0686. The van der Waals surface area contributed by atoms with Crippen molar-refractivity contribution >= 4 is 17.2 Å². The zero-order chi connectivity index (χ0) is 12.3. The Kier molecular flexibility index (Phi) is 3.67. The van der Waals surface area contributed by atoms with Crippen molar-refractivity contribution in [2.24, 2.45) is 0 Å². The second-order valence-corrected chi connectivity index (χ2v) is 4.73. The Morgan fingerprint density at radius 2 is 1.82 bits per heavy atom. The van der Waals surface area contributed by atoms with Gasteiger partial charge in [0.05, 0.1) is 11.4 Å². The zero-order valence-corrected chi connectivity index (χ0v) is 10.4. The van der Waals surface area contributed by atoms with E-state index >= 15 is 0 Å². The number of nitrogens with zero attached hydrogens (tertiary/aromatic N) is 1. The van der Waals surface area contributed by atoms with Gasteiger partial charge in [-0.05, 0) is 38.0 Å². The summed E-state index contributed by atoms with van der Waals surface area (Å²) in [4.78, 5) is 13.6. The molecule has 1 aromatic rings. The number of hydrogen-bond donors (Lipinski definition) is 1. The summed E-state index contributed by atoms with van der Waals surface area (Å²) in [5.41, 5.74) is 8.54. The van der Waals surface area contributed by atoms with Gasteiger partial charge in [0, 0.05) is 18.7 Å². The molecule has 0 unspecified atom stereocenters. The molecule has 3 heteroatoms. The summed E-state index contributed by atoms with van der Waals surface area (Å²) in [5.74, 6) is 0.0686. The monoisotopic (exact) mass is 232 g/mol. The van der Waals surface area contributed by atoms with Gasteiger partial charge < -0.3 is 10.6 Å². The fourth-order valence-corrected chi connectivity index (χ4v) is 2.37. The first-order valence-corrected chi connectivity index (χ1v) is 6.34. The van der Waals surface area contributed by atoms with Gasteiger partial charge in [0.2, 0.25) is 0 Å². The van der Waals surface area contributed by atoms with Crippen molar-refractivity contribution in [1.82, 2.24) is 0 Å². The number of nitrogens with two attached hydrogens (primary N) is 1. The van der Waals surface area contributed by atoms with Gasteiger partial charge in [-0.1, -0.05) is 12.8 Å². The van der Waals surface area contributed by atoms with Gasteiger partial charge in [-0.2, -0.15) is 0 Å². The van der Waals surface area contributed by atoms with Gasteiger partial charge in [-0.25, -0.2) is 0 Å².